The van der Waals surface area contributed by atoms with Gasteiger partial charge in [-0.05, 0) is 76.1 Å². The summed E-state index contributed by atoms with van der Waals surface area (Å²) in [4.78, 5) is 25.3. The first-order valence-electron chi connectivity index (χ1n) is 11.9. The van der Waals surface area contributed by atoms with Crippen molar-refractivity contribution in [2.75, 3.05) is 10.0 Å². The highest BCUT2D eigenvalue weighted by Gasteiger charge is 2.22. The van der Waals surface area contributed by atoms with Crippen molar-refractivity contribution in [3.8, 4) is 0 Å². The van der Waals surface area contributed by atoms with E-state index in [1.165, 1.54) is 0 Å². The fourth-order valence-electron chi connectivity index (χ4n) is 3.56. The van der Waals surface area contributed by atoms with Crippen molar-refractivity contribution in [3.63, 3.8) is 0 Å². The maximum Gasteiger partial charge on any atom is 0.319 e. The molecule has 3 aromatic rings. The number of esters is 1. The lowest BCUT2D eigenvalue weighted by Gasteiger charge is -2.23. The molecule has 0 saturated heterocycles. The molecule has 0 aliphatic heterocycles. The third kappa shape index (κ3) is 9.27. The molecule has 0 aliphatic carbocycles. The fourth-order valence-corrected chi connectivity index (χ4v) is 4.62. The van der Waals surface area contributed by atoms with Gasteiger partial charge in [-0.25, -0.2) is 13.2 Å². The molecule has 37 heavy (non-hydrogen) atoms. The molecule has 1 atom stereocenters. The van der Waals surface area contributed by atoms with Crippen LogP contribution in [0.15, 0.2) is 83.8 Å². The number of carbonyl (C=O) groups excluding carboxylic acids is 2. The summed E-state index contributed by atoms with van der Waals surface area (Å²) in [5.41, 5.74) is 2.13. The lowest BCUT2D eigenvalue weighted by molar-refractivity contribution is -0.155. The molecule has 0 spiro atoms. The second-order valence-corrected chi connectivity index (χ2v) is 11.5. The Morgan fingerprint density at radius 2 is 1.46 bits per heavy atom. The zero-order chi connectivity index (χ0) is 27.1. The van der Waals surface area contributed by atoms with Gasteiger partial charge in [-0.3, -0.25) is 9.52 Å². The van der Waals surface area contributed by atoms with E-state index in [9.17, 15) is 18.0 Å². The first-order valence-corrected chi connectivity index (χ1v) is 13.4. The van der Waals surface area contributed by atoms with Crippen molar-refractivity contribution in [1.82, 2.24) is 5.32 Å². The SMILES string of the molecule is Cc1ccc(S(=O)(=O)Nc2ccc(NC(=O)NC(CC(=O)OC(C)(C)C)Cc3ccccc3)cc2)cc1. The Bertz CT molecular complexity index is 1300. The normalized spacial score (nSPS) is 12.3. The molecule has 2 amide bonds. The van der Waals surface area contributed by atoms with Crippen LogP contribution in [0.2, 0.25) is 0 Å². The Morgan fingerprint density at radius 3 is 2.05 bits per heavy atom. The minimum atomic E-state index is -3.73. The van der Waals surface area contributed by atoms with E-state index < -0.39 is 33.7 Å². The van der Waals surface area contributed by atoms with E-state index >= 15 is 0 Å². The smallest absolute Gasteiger partial charge is 0.319 e. The predicted octanol–water partition coefficient (Wildman–Crippen LogP) is 5.26. The molecular formula is C28H33N3O5S. The number of urea groups is 1. The minimum absolute atomic E-state index is 0.0132. The van der Waals surface area contributed by atoms with Crippen LogP contribution in [-0.4, -0.2) is 32.1 Å². The van der Waals surface area contributed by atoms with Crippen molar-refractivity contribution >= 4 is 33.4 Å². The van der Waals surface area contributed by atoms with E-state index in [1.807, 2.05) is 37.3 Å². The van der Waals surface area contributed by atoms with Crippen LogP contribution in [0.5, 0.6) is 0 Å². The van der Waals surface area contributed by atoms with Gasteiger partial charge in [0.25, 0.3) is 10.0 Å². The van der Waals surface area contributed by atoms with E-state index in [-0.39, 0.29) is 11.3 Å². The van der Waals surface area contributed by atoms with Crippen LogP contribution in [0.25, 0.3) is 0 Å². The van der Waals surface area contributed by atoms with Gasteiger partial charge in [0.05, 0.1) is 11.3 Å². The second-order valence-electron chi connectivity index (χ2n) is 9.77. The number of amides is 2. The molecule has 3 rings (SSSR count). The van der Waals surface area contributed by atoms with Crippen LogP contribution >= 0.6 is 0 Å². The van der Waals surface area contributed by atoms with Gasteiger partial charge in [0.15, 0.2) is 0 Å². The van der Waals surface area contributed by atoms with Crippen LogP contribution < -0.4 is 15.4 Å². The van der Waals surface area contributed by atoms with E-state index in [1.54, 1.807) is 69.3 Å². The number of nitrogens with one attached hydrogen (secondary N) is 3. The monoisotopic (exact) mass is 523 g/mol. The molecule has 3 aromatic carbocycles. The van der Waals surface area contributed by atoms with Gasteiger partial charge in [-0.2, -0.15) is 0 Å². The highest BCUT2D eigenvalue weighted by Crippen LogP contribution is 2.19. The lowest BCUT2D eigenvalue weighted by Crippen LogP contribution is -2.41. The van der Waals surface area contributed by atoms with E-state index in [4.69, 9.17) is 4.74 Å². The number of sulfonamides is 1. The van der Waals surface area contributed by atoms with Gasteiger partial charge in [0.1, 0.15) is 5.60 Å². The topological polar surface area (TPSA) is 114 Å². The third-order valence-corrected chi connectivity index (χ3v) is 6.62. The van der Waals surface area contributed by atoms with Crippen molar-refractivity contribution in [3.05, 3.63) is 90.0 Å². The Labute approximate surface area is 218 Å². The van der Waals surface area contributed by atoms with Gasteiger partial charge >= 0.3 is 12.0 Å². The van der Waals surface area contributed by atoms with Crippen LogP contribution in [0.1, 0.15) is 38.3 Å². The summed E-state index contributed by atoms with van der Waals surface area (Å²) in [6.45, 7) is 7.26. The molecule has 3 N–H and O–H groups in total. The number of ether oxygens (including phenoxy) is 1. The van der Waals surface area contributed by atoms with E-state index in [2.05, 4.69) is 15.4 Å². The first-order chi connectivity index (χ1) is 17.4. The average molecular weight is 524 g/mol. The maximum atomic E-state index is 12.7. The molecule has 196 valence electrons. The molecule has 8 nitrogen and oxygen atoms in total. The maximum absolute atomic E-state index is 12.7. The van der Waals surface area contributed by atoms with Gasteiger partial charge < -0.3 is 15.4 Å². The number of anilines is 2. The minimum Gasteiger partial charge on any atom is -0.460 e. The van der Waals surface area contributed by atoms with Crippen molar-refractivity contribution in [2.24, 2.45) is 0 Å². The number of hydrogen-bond acceptors (Lipinski definition) is 5. The van der Waals surface area contributed by atoms with Crippen LogP contribution in [-0.2, 0) is 26.0 Å². The van der Waals surface area contributed by atoms with Gasteiger partial charge in [0, 0.05) is 17.4 Å². The molecule has 0 saturated carbocycles. The quantitative estimate of drug-likeness (QED) is 0.331. The summed E-state index contributed by atoms with van der Waals surface area (Å²) < 4.78 is 33.1. The fraction of sp³-hybridized carbons (Fsp3) is 0.286. The molecular weight excluding hydrogens is 490 g/mol. The number of carbonyl (C=O) groups is 2. The van der Waals surface area contributed by atoms with Gasteiger partial charge in [0.2, 0.25) is 0 Å². The summed E-state index contributed by atoms with van der Waals surface area (Å²) in [7, 11) is -3.73. The Morgan fingerprint density at radius 1 is 0.865 bits per heavy atom. The third-order valence-electron chi connectivity index (χ3n) is 5.22. The molecule has 0 fully saturated rings. The summed E-state index contributed by atoms with van der Waals surface area (Å²) in [6.07, 6.45) is 0.465. The number of hydrogen-bond donors (Lipinski definition) is 3. The lowest BCUT2D eigenvalue weighted by atomic mass is 10.0. The zero-order valence-electron chi connectivity index (χ0n) is 21.4. The molecule has 0 bridgehead atoms. The zero-order valence-corrected chi connectivity index (χ0v) is 22.3. The second kappa shape index (κ2) is 11.9. The highest BCUT2D eigenvalue weighted by atomic mass is 32.2. The number of rotatable bonds is 9. The van der Waals surface area contributed by atoms with E-state index in [0.717, 1.165) is 11.1 Å². The first kappa shape index (κ1) is 27.7. The van der Waals surface area contributed by atoms with Gasteiger partial charge in [-0.1, -0.05) is 48.0 Å². The molecule has 0 radical (unpaired) electrons. The number of aryl methyl sites for hydroxylation is 1. The largest absolute Gasteiger partial charge is 0.460 e. The highest BCUT2D eigenvalue weighted by molar-refractivity contribution is 7.92. The van der Waals surface area contributed by atoms with Crippen LogP contribution in [0.4, 0.5) is 16.2 Å². The summed E-state index contributed by atoms with van der Waals surface area (Å²) in [5, 5.41) is 5.58. The Hall–Kier alpha value is -3.85. The van der Waals surface area contributed by atoms with Crippen molar-refractivity contribution < 1.29 is 22.7 Å². The summed E-state index contributed by atoms with van der Waals surface area (Å²) in [6, 6.07) is 21.4. The summed E-state index contributed by atoms with van der Waals surface area (Å²) in [5.74, 6) is -0.404. The van der Waals surface area contributed by atoms with Crippen molar-refractivity contribution in [1.29, 1.82) is 0 Å². The molecule has 0 aromatic heterocycles. The standard InChI is InChI=1S/C28H33N3O5S/c1-20-10-16-25(17-11-20)37(34,35)31-23-14-12-22(13-15-23)29-27(33)30-24(18-21-8-6-5-7-9-21)19-26(32)36-28(2,3)4/h5-17,24,31H,18-19H2,1-4H3,(H2,29,30,33). The molecule has 0 aliphatic rings. The Kier molecular flexibility index (Phi) is 8.94. The summed E-state index contributed by atoms with van der Waals surface area (Å²) >= 11 is 0. The Balaban J connectivity index is 1.62. The predicted molar refractivity (Wildman–Crippen MR) is 145 cm³/mol. The average Bonchev–Trinajstić information content (AvgIpc) is 2.80. The van der Waals surface area contributed by atoms with Gasteiger partial charge in [-0.15, -0.1) is 0 Å². The molecule has 9 heteroatoms. The van der Waals surface area contributed by atoms with Crippen LogP contribution in [0, 0.1) is 6.92 Å². The molecule has 0 heterocycles. The van der Waals surface area contributed by atoms with Crippen molar-refractivity contribution in [2.45, 2.75) is 57.1 Å². The van der Waals surface area contributed by atoms with E-state index in [0.29, 0.717) is 17.8 Å². The number of benzene rings is 3. The van der Waals surface area contributed by atoms with Crippen LogP contribution in [0.3, 0.4) is 0 Å². The molecule has 1 unspecified atom stereocenters.